The molecule has 1 heterocycles. The Hall–Kier alpha value is -0.990. The smallest absolute Gasteiger partial charge is 0.285 e. The molecule has 1 saturated carbocycles. The summed E-state index contributed by atoms with van der Waals surface area (Å²) in [5, 5.41) is 3.36. The number of nitrogens with one attached hydrogen (secondary N) is 1. The van der Waals surface area contributed by atoms with Crippen molar-refractivity contribution in [3.05, 3.63) is 12.2 Å². The first-order valence-corrected chi connectivity index (χ1v) is 5.04. The topological polar surface area (TPSA) is 33.6 Å². The van der Waals surface area contributed by atoms with Crippen LogP contribution in [0.25, 0.3) is 0 Å². The highest BCUT2D eigenvalue weighted by atomic mass is 16.5. The molecule has 0 amide bonds. The van der Waals surface area contributed by atoms with Crippen molar-refractivity contribution in [3.63, 3.8) is 0 Å². The van der Waals surface area contributed by atoms with E-state index >= 15 is 0 Å². The Balaban J connectivity index is 1.80. The quantitative estimate of drug-likeness (QED) is 0.606. The van der Waals surface area contributed by atoms with Gasteiger partial charge in [0, 0.05) is 5.92 Å². The molecule has 2 bridgehead atoms. The van der Waals surface area contributed by atoms with E-state index in [-0.39, 0.29) is 0 Å². The van der Waals surface area contributed by atoms with Crippen molar-refractivity contribution in [2.24, 2.45) is 16.8 Å². The van der Waals surface area contributed by atoms with Gasteiger partial charge in [-0.1, -0.05) is 12.2 Å². The maximum Gasteiger partial charge on any atom is 0.285 e. The third kappa shape index (κ3) is 0.929. The average molecular weight is 178 g/mol. The summed E-state index contributed by atoms with van der Waals surface area (Å²) in [6.07, 6.45) is 5.92. The van der Waals surface area contributed by atoms with Crippen LogP contribution in [0.15, 0.2) is 17.1 Å². The second-order valence-corrected chi connectivity index (χ2v) is 3.98. The van der Waals surface area contributed by atoms with Gasteiger partial charge in [0.25, 0.3) is 6.02 Å². The van der Waals surface area contributed by atoms with Gasteiger partial charge in [0.2, 0.25) is 0 Å². The van der Waals surface area contributed by atoms with Crippen LogP contribution in [0.3, 0.4) is 0 Å². The van der Waals surface area contributed by atoms with Gasteiger partial charge in [0.15, 0.2) is 0 Å². The molecule has 0 aromatic carbocycles. The molecule has 1 N–H and O–H groups in total. The van der Waals surface area contributed by atoms with Crippen LogP contribution < -0.4 is 5.32 Å². The molecule has 0 radical (unpaired) electrons. The molecular weight excluding hydrogens is 164 g/mol. The fraction of sp³-hybridized carbons (Fsp3) is 0.700. The van der Waals surface area contributed by atoms with E-state index in [9.17, 15) is 0 Å². The fourth-order valence-electron chi connectivity index (χ4n) is 2.70. The van der Waals surface area contributed by atoms with Crippen molar-refractivity contribution in [1.82, 2.24) is 5.32 Å². The molecule has 3 nitrogen and oxygen atoms in total. The molecule has 0 aromatic rings. The van der Waals surface area contributed by atoms with E-state index in [1.165, 1.54) is 6.42 Å². The second kappa shape index (κ2) is 2.50. The lowest BCUT2D eigenvalue weighted by Gasteiger charge is -2.18. The number of ether oxygens (including phenoxy) is 1. The Labute approximate surface area is 77.9 Å². The third-order valence-electron chi connectivity index (χ3n) is 3.26. The molecule has 1 aliphatic heterocycles. The van der Waals surface area contributed by atoms with Crippen LogP contribution in [0.4, 0.5) is 0 Å². The monoisotopic (exact) mass is 178 g/mol. The number of hydrogen-bond donors (Lipinski definition) is 1. The summed E-state index contributed by atoms with van der Waals surface area (Å²) in [4.78, 5) is 4.55. The van der Waals surface area contributed by atoms with Crippen LogP contribution in [0.2, 0.25) is 0 Å². The standard InChI is InChI=1S/C10H14N2O/c1-2-13-10-11-8-6-3-4-7(5-6)9(8)12-10/h3-4,6-9H,2,5H2,1H3,(H,11,12)/t6-,7+,8-,9+. The summed E-state index contributed by atoms with van der Waals surface area (Å²) in [5.74, 6) is 1.36. The fourth-order valence-corrected chi connectivity index (χ4v) is 2.70. The van der Waals surface area contributed by atoms with Crippen LogP contribution in [0.1, 0.15) is 13.3 Å². The Bertz CT molecular complexity index is 285. The van der Waals surface area contributed by atoms with E-state index < -0.39 is 0 Å². The Morgan fingerprint density at radius 2 is 2.38 bits per heavy atom. The van der Waals surface area contributed by atoms with E-state index in [1.54, 1.807) is 0 Å². The lowest BCUT2D eigenvalue weighted by molar-refractivity contribution is 0.309. The van der Waals surface area contributed by atoms with Gasteiger partial charge < -0.3 is 10.1 Å². The van der Waals surface area contributed by atoms with Crippen LogP contribution in [-0.2, 0) is 4.74 Å². The van der Waals surface area contributed by atoms with Crippen molar-refractivity contribution < 1.29 is 4.74 Å². The number of aliphatic imine (C=N–C) groups is 1. The highest BCUT2D eigenvalue weighted by molar-refractivity contribution is 5.77. The maximum absolute atomic E-state index is 5.37. The molecule has 0 spiro atoms. The first kappa shape index (κ1) is 7.42. The molecule has 0 unspecified atom stereocenters. The largest absolute Gasteiger partial charge is 0.466 e. The highest BCUT2D eigenvalue weighted by Crippen LogP contribution is 2.42. The summed E-state index contributed by atoms with van der Waals surface area (Å²) in [7, 11) is 0. The van der Waals surface area contributed by atoms with Crippen molar-refractivity contribution in [2.75, 3.05) is 6.61 Å². The molecule has 13 heavy (non-hydrogen) atoms. The Kier molecular flexibility index (Phi) is 1.43. The zero-order valence-electron chi connectivity index (χ0n) is 7.73. The molecule has 3 rings (SSSR count). The third-order valence-corrected chi connectivity index (χ3v) is 3.26. The number of amidine groups is 1. The van der Waals surface area contributed by atoms with Crippen LogP contribution in [0.5, 0.6) is 0 Å². The Morgan fingerprint density at radius 1 is 1.54 bits per heavy atom. The van der Waals surface area contributed by atoms with E-state index in [2.05, 4.69) is 22.5 Å². The summed E-state index contributed by atoms with van der Waals surface area (Å²) >= 11 is 0. The minimum atomic E-state index is 0.455. The van der Waals surface area contributed by atoms with E-state index in [0.29, 0.717) is 30.5 Å². The van der Waals surface area contributed by atoms with Crippen molar-refractivity contribution in [2.45, 2.75) is 25.4 Å². The molecule has 70 valence electrons. The van der Waals surface area contributed by atoms with Gasteiger partial charge in [-0.2, -0.15) is 0 Å². The van der Waals surface area contributed by atoms with Crippen molar-refractivity contribution in [3.8, 4) is 0 Å². The maximum atomic E-state index is 5.37. The molecule has 0 aromatic heterocycles. The molecule has 1 fully saturated rings. The molecule has 3 aliphatic rings. The molecular formula is C10H14N2O. The minimum absolute atomic E-state index is 0.455. The summed E-state index contributed by atoms with van der Waals surface area (Å²) < 4.78 is 5.37. The lowest BCUT2D eigenvalue weighted by Crippen LogP contribution is -2.38. The van der Waals surface area contributed by atoms with Gasteiger partial charge in [-0.15, -0.1) is 0 Å². The van der Waals surface area contributed by atoms with Gasteiger partial charge in [-0.05, 0) is 19.3 Å². The normalized spacial score (nSPS) is 44.5. The minimum Gasteiger partial charge on any atom is -0.466 e. The number of fused-ring (bicyclic) bond motifs is 5. The lowest BCUT2D eigenvalue weighted by atomic mass is 9.98. The van der Waals surface area contributed by atoms with Gasteiger partial charge in [0.05, 0.1) is 18.7 Å². The predicted octanol–water partition coefficient (Wildman–Crippen LogP) is 0.925. The van der Waals surface area contributed by atoms with Crippen molar-refractivity contribution >= 4 is 6.02 Å². The summed E-state index contributed by atoms with van der Waals surface area (Å²) in [5.41, 5.74) is 0. The zero-order valence-corrected chi connectivity index (χ0v) is 7.73. The van der Waals surface area contributed by atoms with E-state index in [0.717, 1.165) is 6.02 Å². The number of rotatable bonds is 1. The molecule has 3 heteroatoms. The van der Waals surface area contributed by atoms with Crippen LogP contribution >= 0.6 is 0 Å². The number of nitrogens with zero attached hydrogens (tertiary/aromatic N) is 1. The van der Waals surface area contributed by atoms with E-state index in [1.807, 2.05) is 6.92 Å². The predicted molar refractivity (Wildman–Crippen MR) is 50.5 cm³/mol. The van der Waals surface area contributed by atoms with Crippen molar-refractivity contribution in [1.29, 1.82) is 0 Å². The summed E-state index contributed by atoms with van der Waals surface area (Å²) in [6, 6.07) is 1.74. The Morgan fingerprint density at radius 3 is 3.15 bits per heavy atom. The SMILES string of the molecule is CCOC1=N[C@H]2[C@@H](N1)[C@H]1C=C[C@@H]2C1. The first-order chi connectivity index (χ1) is 6.38. The second-order valence-electron chi connectivity index (χ2n) is 3.98. The molecule has 0 saturated heterocycles. The highest BCUT2D eigenvalue weighted by Gasteiger charge is 2.48. The van der Waals surface area contributed by atoms with E-state index in [4.69, 9.17) is 4.74 Å². The first-order valence-electron chi connectivity index (χ1n) is 5.04. The van der Waals surface area contributed by atoms with Gasteiger partial charge in [-0.3, -0.25) is 0 Å². The molecule has 4 atom stereocenters. The number of hydrogen-bond acceptors (Lipinski definition) is 3. The summed E-state index contributed by atoms with van der Waals surface area (Å²) in [6.45, 7) is 2.69. The molecule has 2 aliphatic carbocycles. The van der Waals surface area contributed by atoms with Crippen LogP contribution in [0, 0.1) is 11.8 Å². The van der Waals surface area contributed by atoms with Gasteiger partial charge >= 0.3 is 0 Å². The average Bonchev–Trinajstić information content (AvgIpc) is 2.72. The zero-order chi connectivity index (χ0) is 8.84. The van der Waals surface area contributed by atoms with Crippen LogP contribution in [-0.4, -0.2) is 24.7 Å². The van der Waals surface area contributed by atoms with Gasteiger partial charge in [0.1, 0.15) is 0 Å². The van der Waals surface area contributed by atoms with Gasteiger partial charge in [-0.25, -0.2) is 4.99 Å².